The smallest absolute Gasteiger partial charge is 0.254 e. The molecule has 3 rings (SSSR count). The van der Waals surface area contributed by atoms with Gasteiger partial charge in [0.05, 0.1) is 17.1 Å². The van der Waals surface area contributed by atoms with Gasteiger partial charge in [0, 0.05) is 31.7 Å². The van der Waals surface area contributed by atoms with Crippen molar-refractivity contribution in [3.05, 3.63) is 29.8 Å². The van der Waals surface area contributed by atoms with E-state index in [-0.39, 0.29) is 23.0 Å². The Morgan fingerprint density at radius 3 is 2.19 bits per heavy atom. The van der Waals surface area contributed by atoms with Crippen molar-refractivity contribution in [2.75, 3.05) is 26.2 Å². The van der Waals surface area contributed by atoms with Crippen LogP contribution in [0.3, 0.4) is 0 Å². The number of morpholine rings is 1. The molecule has 2 aliphatic rings. The van der Waals surface area contributed by atoms with E-state index in [0.29, 0.717) is 43.6 Å². The Morgan fingerprint density at radius 2 is 1.59 bits per heavy atom. The molecule has 2 aliphatic heterocycles. The van der Waals surface area contributed by atoms with E-state index in [0.717, 1.165) is 6.42 Å². The number of benzene rings is 1. The number of hydrogen-bond acceptors (Lipinski definition) is 4. The summed E-state index contributed by atoms with van der Waals surface area (Å²) in [5.74, 6) is 0.531. The maximum Gasteiger partial charge on any atom is 0.254 e. The number of ether oxygens (including phenoxy) is 1. The van der Waals surface area contributed by atoms with Gasteiger partial charge in [-0.1, -0.05) is 19.9 Å². The summed E-state index contributed by atoms with van der Waals surface area (Å²) in [5.41, 5.74) is 0.412. The maximum atomic E-state index is 13.1. The van der Waals surface area contributed by atoms with Crippen LogP contribution in [-0.4, -0.2) is 61.9 Å². The number of carbonyl (C=O) groups is 1. The van der Waals surface area contributed by atoms with Gasteiger partial charge in [0.25, 0.3) is 5.91 Å². The zero-order valence-electron chi connectivity index (χ0n) is 16.6. The second kappa shape index (κ2) is 7.89. The highest BCUT2D eigenvalue weighted by molar-refractivity contribution is 7.89. The van der Waals surface area contributed by atoms with Crippen molar-refractivity contribution in [2.45, 2.75) is 51.2 Å². The molecule has 150 valence electrons. The Balaban J connectivity index is 1.83. The number of nitrogens with zero attached hydrogens (tertiary/aromatic N) is 2. The zero-order chi connectivity index (χ0) is 19.8. The minimum atomic E-state index is -3.60. The second-order valence-electron chi connectivity index (χ2n) is 8.26. The first kappa shape index (κ1) is 20.3. The topological polar surface area (TPSA) is 66.9 Å². The van der Waals surface area contributed by atoms with Crippen LogP contribution in [-0.2, 0) is 14.8 Å². The first-order valence-corrected chi connectivity index (χ1v) is 11.2. The Morgan fingerprint density at radius 1 is 1.00 bits per heavy atom. The van der Waals surface area contributed by atoms with Gasteiger partial charge in [-0.3, -0.25) is 4.79 Å². The van der Waals surface area contributed by atoms with Gasteiger partial charge in [-0.05, 0) is 50.3 Å². The summed E-state index contributed by atoms with van der Waals surface area (Å²) in [5, 5.41) is 0. The number of piperidine rings is 1. The van der Waals surface area contributed by atoms with Gasteiger partial charge >= 0.3 is 0 Å². The number of rotatable bonds is 3. The minimum Gasteiger partial charge on any atom is -0.372 e. The largest absolute Gasteiger partial charge is 0.372 e. The number of amides is 1. The highest BCUT2D eigenvalue weighted by Gasteiger charge is 2.32. The molecule has 1 aromatic rings. The maximum absolute atomic E-state index is 13.1. The van der Waals surface area contributed by atoms with Crippen LogP contribution in [0.4, 0.5) is 0 Å². The predicted octanol–water partition coefficient (Wildman–Crippen LogP) is 2.60. The molecule has 0 spiro atoms. The van der Waals surface area contributed by atoms with Crippen LogP contribution in [0.15, 0.2) is 29.2 Å². The molecule has 4 atom stereocenters. The summed E-state index contributed by atoms with van der Waals surface area (Å²) in [6, 6.07) is 6.45. The van der Waals surface area contributed by atoms with Gasteiger partial charge in [-0.2, -0.15) is 4.31 Å². The normalized spacial score (nSPS) is 30.3. The monoisotopic (exact) mass is 394 g/mol. The van der Waals surface area contributed by atoms with Crippen molar-refractivity contribution in [1.82, 2.24) is 9.21 Å². The van der Waals surface area contributed by atoms with Crippen molar-refractivity contribution >= 4 is 15.9 Å². The highest BCUT2D eigenvalue weighted by Crippen LogP contribution is 2.27. The van der Waals surface area contributed by atoms with Gasteiger partial charge in [0.2, 0.25) is 10.0 Å². The van der Waals surface area contributed by atoms with Crippen molar-refractivity contribution in [3.8, 4) is 0 Å². The van der Waals surface area contributed by atoms with Crippen LogP contribution < -0.4 is 0 Å². The lowest BCUT2D eigenvalue weighted by atomic mass is 9.94. The van der Waals surface area contributed by atoms with Crippen molar-refractivity contribution in [3.63, 3.8) is 0 Å². The first-order valence-electron chi connectivity index (χ1n) is 9.71. The SMILES string of the molecule is CC1CC(C)CN(S(=O)(=O)c2cccc(C(=O)N3CC(C)OC(C)C3)c2)C1. The quantitative estimate of drug-likeness (QED) is 0.790. The number of carbonyl (C=O) groups excluding carboxylic acids is 1. The molecule has 7 heteroatoms. The van der Waals surface area contributed by atoms with Crippen molar-refractivity contribution in [1.29, 1.82) is 0 Å². The van der Waals surface area contributed by atoms with E-state index in [1.54, 1.807) is 27.4 Å². The molecule has 27 heavy (non-hydrogen) atoms. The third-order valence-corrected chi connectivity index (χ3v) is 7.09. The Labute approximate surface area is 162 Å². The predicted molar refractivity (Wildman–Crippen MR) is 104 cm³/mol. The molecular weight excluding hydrogens is 364 g/mol. The zero-order valence-corrected chi connectivity index (χ0v) is 17.4. The van der Waals surface area contributed by atoms with Crippen LogP contribution >= 0.6 is 0 Å². The van der Waals surface area contributed by atoms with Crippen LogP contribution in [0.5, 0.6) is 0 Å². The van der Waals surface area contributed by atoms with E-state index in [2.05, 4.69) is 13.8 Å². The first-order chi connectivity index (χ1) is 12.7. The van der Waals surface area contributed by atoms with Crippen LogP contribution in [0, 0.1) is 11.8 Å². The molecule has 0 bridgehead atoms. The lowest BCUT2D eigenvalue weighted by Crippen LogP contribution is -2.48. The molecular formula is C20H30N2O4S. The fourth-order valence-electron chi connectivity index (χ4n) is 4.27. The average Bonchev–Trinajstić information content (AvgIpc) is 2.59. The van der Waals surface area contributed by atoms with E-state index in [1.807, 2.05) is 13.8 Å². The van der Waals surface area contributed by atoms with E-state index in [4.69, 9.17) is 4.74 Å². The molecule has 0 aliphatic carbocycles. The van der Waals surface area contributed by atoms with Gasteiger partial charge in [-0.25, -0.2) is 8.42 Å². The molecule has 2 heterocycles. The fourth-order valence-corrected chi connectivity index (χ4v) is 5.99. The molecule has 4 unspecified atom stereocenters. The fraction of sp³-hybridized carbons (Fsp3) is 0.650. The Hall–Kier alpha value is -1.44. The van der Waals surface area contributed by atoms with E-state index < -0.39 is 10.0 Å². The Kier molecular flexibility index (Phi) is 5.93. The molecule has 0 saturated carbocycles. The van der Waals surface area contributed by atoms with Crippen molar-refractivity contribution < 1.29 is 17.9 Å². The summed E-state index contributed by atoms with van der Waals surface area (Å²) < 4.78 is 33.5. The second-order valence-corrected chi connectivity index (χ2v) is 10.2. The Bertz CT molecular complexity index is 775. The standard InChI is InChI=1S/C20H30N2O4S/c1-14-8-15(2)11-22(10-14)27(24,25)19-7-5-6-18(9-19)20(23)21-12-16(3)26-17(4)13-21/h5-7,9,14-17H,8,10-13H2,1-4H3. The molecule has 1 aromatic carbocycles. The molecule has 1 amide bonds. The van der Waals surface area contributed by atoms with E-state index in [1.165, 1.54) is 6.07 Å². The molecule has 0 radical (unpaired) electrons. The minimum absolute atomic E-state index is 0.0269. The van der Waals surface area contributed by atoms with E-state index >= 15 is 0 Å². The number of hydrogen-bond donors (Lipinski definition) is 0. The summed E-state index contributed by atoms with van der Waals surface area (Å²) >= 11 is 0. The lowest BCUT2D eigenvalue weighted by Gasteiger charge is -2.35. The summed E-state index contributed by atoms with van der Waals surface area (Å²) in [7, 11) is -3.60. The third-order valence-electron chi connectivity index (χ3n) is 5.26. The van der Waals surface area contributed by atoms with Crippen LogP contribution in [0.1, 0.15) is 44.5 Å². The van der Waals surface area contributed by atoms with Gasteiger partial charge in [0.15, 0.2) is 0 Å². The summed E-state index contributed by atoms with van der Waals surface area (Å²) in [4.78, 5) is 14.9. The lowest BCUT2D eigenvalue weighted by molar-refractivity contribution is -0.0586. The number of sulfonamides is 1. The van der Waals surface area contributed by atoms with Gasteiger partial charge in [0.1, 0.15) is 0 Å². The molecule has 0 N–H and O–H groups in total. The third kappa shape index (κ3) is 4.52. The van der Waals surface area contributed by atoms with Gasteiger partial charge < -0.3 is 9.64 Å². The summed E-state index contributed by atoms with van der Waals surface area (Å²) in [6.45, 7) is 10.1. The molecule has 2 fully saturated rings. The van der Waals surface area contributed by atoms with Crippen LogP contribution in [0.2, 0.25) is 0 Å². The van der Waals surface area contributed by atoms with E-state index in [9.17, 15) is 13.2 Å². The summed E-state index contributed by atoms with van der Waals surface area (Å²) in [6.07, 6.45) is 0.986. The average molecular weight is 395 g/mol. The molecule has 6 nitrogen and oxygen atoms in total. The van der Waals surface area contributed by atoms with Crippen molar-refractivity contribution in [2.24, 2.45) is 11.8 Å². The van der Waals surface area contributed by atoms with Crippen LogP contribution in [0.25, 0.3) is 0 Å². The highest BCUT2D eigenvalue weighted by atomic mass is 32.2. The molecule has 2 saturated heterocycles. The molecule has 0 aromatic heterocycles. The van der Waals surface area contributed by atoms with Gasteiger partial charge in [-0.15, -0.1) is 0 Å².